The second-order valence-electron chi connectivity index (χ2n) is 5.58. The van der Waals surface area contributed by atoms with Crippen molar-refractivity contribution in [2.75, 3.05) is 13.1 Å². The van der Waals surface area contributed by atoms with Crippen molar-refractivity contribution in [3.63, 3.8) is 0 Å². The Morgan fingerprint density at radius 3 is 2.43 bits per heavy atom. The van der Waals surface area contributed by atoms with E-state index in [-0.39, 0.29) is 17.9 Å². The number of aliphatic carboxylic acids is 1. The minimum absolute atomic E-state index is 0.224. The second kappa shape index (κ2) is 8.49. The summed E-state index contributed by atoms with van der Waals surface area (Å²) in [5.41, 5.74) is 5.17. The minimum atomic E-state index is -1.000. The normalized spacial score (nSPS) is 17.3. The molecule has 0 unspecified atom stereocenters. The lowest BCUT2D eigenvalue weighted by Crippen LogP contribution is -2.50. The lowest BCUT2D eigenvalue weighted by Gasteiger charge is -2.32. The van der Waals surface area contributed by atoms with Crippen LogP contribution in [-0.4, -0.2) is 47.0 Å². The van der Waals surface area contributed by atoms with E-state index in [0.29, 0.717) is 25.9 Å². The number of hydrogen-bond donors (Lipinski definition) is 3. The molecule has 1 aliphatic heterocycles. The molecule has 3 amide bonds. The number of rotatable bonds is 7. The number of likely N-dealkylation sites (tertiary alicyclic amines) is 1. The van der Waals surface area contributed by atoms with Gasteiger partial charge < -0.3 is 21.1 Å². The number of carbonyl (C=O) groups is 3. The molecule has 120 valence electrons. The average molecular weight is 299 g/mol. The minimum Gasteiger partial charge on any atom is -0.480 e. The number of carboxylic acid groups (broad SMARTS) is 1. The third kappa shape index (κ3) is 6.01. The lowest BCUT2D eigenvalue weighted by atomic mass is 9.93. The van der Waals surface area contributed by atoms with Crippen molar-refractivity contribution >= 4 is 17.9 Å². The predicted octanol–water partition coefficient (Wildman–Crippen LogP) is 0.927. The Hall–Kier alpha value is -1.79. The largest absolute Gasteiger partial charge is 0.480 e. The number of carboxylic acids is 1. The zero-order chi connectivity index (χ0) is 15.8. The highest BCUT2D eigenvalue weighted by atomic mass is 16.4. The van der Waals surface area contributed by atoms with Crippen molar-refractivity contribution in [2.24, 2.45) is 11.7 Å². The Morgan fingerprint density at radius 2 is 1.95 bits per heavy atom. The number of piperidine rings is 1. The molecule has 7 heteroatoms. The Morgan fingerprint density at radius 1 is 1.33 bits per heavy atom. The first-order valence-corrected chi connectivity index (χ1v) is 7.50. The van der Waals surface area contributed by atoms with Crippen LogP contribution >= 0.6 is 0 Å². The molecule has 1 aliphatic rings. The van der Waals surface area contributed by atoms with Gasteiger partial charge in [0.25, 0.3) is 0 Å². The van der Waals surface area contributed by atoms with Crippen molar-refractivity contribution in [1.82, 2.24) is 10.2 Å². The monoisotopic (exact) mass is 299 g/mol. The van der Waals surface area contributed by atoms with Crippen LogP contribution in [0, 0.1) is 5.92 Å². The number of carbonyl (C=O) groups excluding carboxylic acids is 2. The van der Waals surface area contributed by atoms with Gasteiger partial charge in [-0.25, -0.2) is 9.59 Å². The fourth-order valence-corrected chi connectivity index (χ4v) is 2.53. The Balaban J connectivity index is 2.41. The van der Waals surface area contributed by atoms with Gasteiger partial charge >= 0.3 is 12.0 Å². The van der Waals surface area contributed by atoms with Gasteiger partial charge in [-0.3, -0.25) is 4.79 Å². The molecule has 7 nitrogen and oxygen atoms in total. The maximum absolute atomic E-state index is 12.1. The SMILES string of the molecule is CCCC[C@H](NC(=O)N1CCC(CC(N)=O)CC1)C(=O)O. The van der Waals surface area contributed by atoms with E-state index in [0.717, 1.165) is 25.7 Å². The Kier molecular flexibility index (Phi) is 6.98. The van der Waals surface area contributed by atoms with Crippen LogP contribution in [0.25, 0.3) is 0 Å². The zero-order valence-corrected chi connectivity index (χ0v) is 12.5. The lowest BCUT2D eigenvalue weighted by molar-refractivity contribution is -0.139. The predicted molar refractivity (Wildman–Crippen MR) is 77.6 cm³/mol. The van der Waals surface area contributed by atoms with Gasteiger partial charge in [-0.15, -0.1) is 0 Å². The number of nitrogens with two attached hydrogens (primary N) is 1. The van der Waals surface area contributed by atoms with Gasteiger partial charge in [-0.1, -0.05) is 19.8 Å². The average Bonchev–Trinajstić information content (AvgIpc) is 2.43. The summed E-state index contributed by atoms with van der Waals surface area (Å²) in [6, 6.07) is -1.17. The van der Waals surface area contributed by atoms with Gasteiger partial charge in [0.15, 0.2) is 0 Å². The van der Waals surface area contributed by atoms with E-state index in [4.69, 9.17) is 10.8 Å². The molecule has 0 saturated carbocycles. The molecule has 0 spiro atoms. The highest BCUT2D eigenvalue weighted by Gasteiger charge is 2.26. The summed E-state index contributed by atoms with van der Waals surface area (Å²) in [6.07, 6.45) is 3.89. The van der Waals surface area contributed by atoms with Gasteiger partial charge in [0.05, 0.1) is 0 Å². The molecule has 0 aromatic heterocycles. The van der Waals surface area contributed by atoms with Crippen LogP contribution in [0.4, 0.5) is 4.79 Å². The number of nitrogens with zero attached hydrogens (tertiary/aromatic N) is 1. The number of amides is 3. The maximum Gasteiger partial charge on any atom is 0.326 e. The molecule has 0 aromatic carbocycles. The molecular weight excluding hydrogens is 274 g/mol. The van der Waals surface area contributed by atoms with E-state index in [9.17, 15) is 14.4 Å². The van der Waals surface area contributed by atoms with Crippen molar-refractivity contribution in [3.05, 3.63) is 0 Å². The molecule has 4 N–H and O–H groups in total. The first-order chi connectivity index (χ1) is 9.93. The van der Waals surface area contributed by atoms with E-state index in [1.165, 1.54) is 0 Å². The highest BCUT2D eigenvalue weighted by molar-refractivity contribution is 5.82. The summed E-state index contributed by atoms with van der Waals surface area (Å²) in [7, 11) is 0. The van der Waals surface area contributed by atoms with E-state index < -0.39 is 12.0 Å². The Labute approximate surface area is 124 Å². The quantitative estimate of drug-likeness (QED) is 0.649. The van der Waals surface area contributed by atoms with Crippen LogP contribution in [-0.2, 0) is 9.59 Å². The molecular formula is C14H25N3O4. The number of urea groups is 1. The van der Waals surface area contributed by atoms with Gasteiger partial charge in [-0.2, -0.15) is 0 Å². The molecule has 1 rings (SSSR count). The number of unbranched alkanes of at least 4 members (excludes halogenated alkanes) is 1. The van der Waals surface area contributed by atoms with E-state index in [2.05, 4.69) is 5.32 Å². The highest BCUT2D eigenvalue weighted by Crippen LogP contribution is 2.20. The third-order valence-electron chi connectivity index (χ3n) is 3.83. The van der Waals surface area contributed by atoms with E-state index in [1.54, 1.807) is 4.90 Å². The van der Waals surface area contributed by atoms with Gasteiger partial charge in [0, 0.05) is 19.5 Å². The fraction of sp³-hybridized carbons (Fsp3) is 0.786. The summed E-state index contributed by atoms with van der Waals surface area (Å²) in [4.78, 5) is 35.7. The van der Waals surface area contributed by atoms with Crippen LogP contribution in [0.2, 0.25) is 0 Å². The number of hydrogen-bond acceptors (Lipinski definition) is 3. The van der Waals surface area contributed by atoms with Gasteiger partial charge in [0.1, 0.15) is 6.04 Å². The standard InChI is InChI=1S/C14H25N3O4/c1-2-3-4-11(13(19)20)16-14(21)17-7-5-10(6-8-17)9-12(15)18/h10-11H,2-9H2,1H3,(H2,15,18)(H,16,21)(H,19,20)/t11-/m0/s1. The van der Waals surface area contributed by atoms with Gasteiger partial charge in [0.2, 0.25) is 5.91 Å². The van der Waals surface area contributed by atoms with Crippen LogP contribution < -0.4 is 11.1 Å². The van der Waals surface area contributed by atoms with E-state index in [1.807, 2.05) is 6.92 Å². The summed E-state index contributed by atoms with van der Waals surface area (Å²) in [6.45, 7) is 3.04. The second-order valence-corrected chi connectivity index (χ2v) is 5.58. The van der Waals surface area contributed by atoms with Crippen LogP contribution in [0.1, 0.15) is 45.4 Å². The van der Waals surface area contributed by atoms with Gasteiger partial charge in [-0.05, 0) is 25.2 Å². The van der Waals surface area contributed by atoms with Crippen molar-refractivity contribution in [3.8, 4) is 0 Å². The molecule has 0 bridgehead atoms. The molecule has 0 aromatic rings. The summed E-state index contributed by atoms with van der Waals surface area (Å²) >= 11 is 0. The van der Waals surface area contributed by atoms with Crippen LogP contribution in [0.3, 0.4) is 0 Å². The van der Waals surface area contributed by atoms with E-state index >= 15 is 0 Å². The number of nitrogens with one attached hydrogen (secondary N) is 1. The summed E-state index contributed by atoms with van der Waals surface area (Å²) in [5.74, 6) is -1.09. The fourth-order valence-electron chi connectivity index (χ4n) is 2.53. The van der Waals surface area contributed by atoms with Crippen LogP contribution in [0.15, 0.2) is 0 Å². The van der Waals surface area contributed by atoms with Crippen molar-refractivity contribution in [1.29, 1.82) is 0 Å². The topological polar surface area (TPSA) is 113 Å². The first kappa shape index (κ1) is 17.3. The maximum atomic E-state index is 12.1. The molecule has 0 radical (unpaired) electrons. The molecule has 1 heterocycles. The molecule has 1 saturated heterocycles. The smallest absolute Gasteiger partial charge is 0.326 e. The van der Waals surface area contributed by atoms with Crippen LogP contribution in [0.5, 0.6) is 0 Å². The van der Waals surface area contributed by atoms with Crippen molar-refractivity contribution in [2.45, 2.75) is 51.5 Å². The first-order valence-electron chi connectivity index (χ1n) is 7.50. The molecule has 21 heavy (non-hydrogen) atoms. The van der Waals surface area contributed by atoms with Crippen molar-refractivity contribution < 1.29 is 19.5 Å². The molecule has 1 fully saturated rings. The number of primary amides is 1. The molecule has 0 aliphatic carbocycles. The summed E-state index contributed by atoms with van der Waals surface area (Å²) in [5, 5.41) is 11.7. The molecule has 1 atom stereocenters. The summed E-state index contributed by atoms with van der Waals surface area (Å²) < 4.78 is 0. The third-order valence-corrected chi connectivity index (χ3v) is 3.83. The Bertz CT molecular complexity index is 378. The zero-order valence-electron chi connectivity index (χ0n) is 12.5.